The number of hydrogen-bond donors (Lipinski definition) is 0. The van der Waals surface area contributed by atoms with Crippen LogP contribution in [0.15, 0.2) is 48.6 Å². The molecule has 0 nitrogen and oxygen atoms in total. The molecule has 0 unspecified atom stereocenters. The van der Waals surface area contributed by atoms with Gasteiger partial charge < -0.3 is 0 Å². The second-order valence-electron chi connectivity index (χ2n) is 2.18. The van der Waals surface area contributed by atoms with Crippen molar-refractivity contribution < 1.29 is 0 Å². The van der Waals surface area contributed by atoms with Gasteiger partial charge in [0.25, 0.3) is 0 Å². The van der Waals surface area contributed by atoms with Gasteiger partial charge in [0, 0.05) is 0 Å². The fourth-order valence-electron chi connectivity index (χ4n) is 0.792. The van der Waals surface area contributed by atoms with Crippen molar-refractivity contribution in [2.24, 2.45) is 0 Å². The van der Waals surface area contributed by atoms with Gasteiger partial charge in [0.05, 0.1) is 0 Å². The minimum absolute atomic E-state index is 1.05. The monoisotopic (exact) mass is 132 g/mol. The van der Waals surface area contributed by atoms with Crippen molar-refractivity contribution >= 4 is 0 Å². The molecule has 1 aliphatic carbocycles. The molecule has 0 aromatic rings. The predicted octanol–water partition coefficient (Wildman–Crippen LogP) is 3.01. The van der Waals surface area contributed by atoms with E-state index in [1.807, 2.05) is 0 Å². The largest absolute Gasteiger partial charge is 0.0844 e. The maximum Gasteiger partial charge on any atom is -0.0166 e. The van der Waals surface area contributed by atoms with Crippen molar-refractivity contribution in [3.63, 3.8) is 0 Å². The van der Waals surface area contributed by atoms with Crippen LogP contribution < -0.4 is 0 Å². The minimum atomic E-state index is 1.05. The van der Waals surface area contributed by atoms with Crippen LogP contribution in [-0.4, -0.2) is 0 Å². The molecule has 0 aliphatic heterocycles. The van der Waals surface area contributed by atoms with Crippen molar-refractivity contribution in [3.05, 3.63) is 48.6 Å². The third kappa shape index (κ3) is 3.08. The molecule has 0 radical (unpaired) electrons. The molecule has 0 aromatic carbocycles. The van der Waals surface area contributed by atoms with Crippen molar-refractivity contribution in [2.45, 2.75) is 12.8 Å². The van der Waals surface area contributed by atoms with Crippen LogP contribution in [0.25, 0.3) is 0 Å². The highest BCUT2D eigenvalue weighted by atomic mass is 13.8. The molecule has 0 spiro atoms. The summed E-state index contributed by atoms with van der Waals surface area (Å²) in [4.78, 5) is 0. The summed E-state index contributed by atoms with van der Waals surface area (Å²) in [5, 5.41) is 0. The van der Waals surface area contributed by atoms with Crippen LogP contribution >= 0.6 is 0 Å². The van der Waals surface area contributed by atoms with Gasteiger partial charge in [0.15, 0.2) is 0 Å². The Hall–Kier alpha value is -1.04. The van der Waals surface area contributed by atoms with Crippen molar-refractivity contribution in [2.75, 3.05) is 0 Å². The Labute approximate surface area is 62.3 Å². The van der Waals surface area contributed by atoms with Crippen LogP contribution in [0, 0.1) is 0 Å². The van der Waals surface area contributed by atoms with E-state index in [4.69, 9.17) is 0 Å². The van der Waals surface area contributed by atoms with E-state index >= 15 is 0 Å². The molecule has 10 heavy (non-hydrogen) atoms. The van der Waals surface area contributed by atoms with Crippen molar-refractivity contribution in [3.8, 4) is 0 Å². The molecule has 0 atom stereocenters. The molecule has 1 aliphatic rings. The summed E-state index contributed by atoms with van der Waals surface area (Å²) in [6.07, 6.45) is 19.0. The summed E-state index contributed by atoms with van der Waals surface area (Å²) < 4.78 is 0. The van der Waals surface area contributed by atoms with Crippen LogP contribution in [0.4, 0.5) is 0 Å². The third-order valence-electron chi connectivity index (χ3n) is 1.32. The molecule has 52 valence electrons. The second-order valence-corrected chi connectivity index (χ2v) is 2.18. The minimum Gasteiger partial charge on any atom is -0.0844 e. The van der Waals surface area contributed by atoms with Gasteiger partial charge in [0.2, 0.25) is 0 Å². The van der Waals surface area contributed by atoms with Gasteiger partial charge in [-0.05, 0) is 12.8 Å². The Bertz CT molecular complexity index is 160. The predicted molar refractivity (Wildman–Crippen MR) is 45.8 cm³/mol. The van der Waals surface area contributed by atoms with E-state index in [1.54, 1.807) is 0 Å². The molecular formula is C10H12. The lowest BCUT2D eigenvalue weighted by Gasteiger charge is -1.84. The Morgan fingerprint density at radius 1 is 0.500 bits per heavy atom. The highest BCUT2D eigenvalue weighted by molar-refractivity contribution is 5.14. The van der Waals surface area contributed by atoms with Crippen molar-refractivity contribution in [1.82, 2.24) is 0 Å². The fourth-order valence-corrected chi connectivity index (χ4v) is 0.792. The molecule has 0 amide bonds. The maximum atomic E-state index is 2.18. The van der Waals surface area contributed by atoms with Gasteiger partial charge >= 0.3 is 0 Å². The first kappa shape index (κ1) is 7.07. The SMILES string of the molecule is C1=CC/C=C/C/C=C\C=C\1. The van der Waals surface area contributed by atoms with E-state index in [-0.39, 0.29) is 0 Å². The standard InChI is InChI=1S/C10H12/c1-2-4-6-8-10-9-7-5-3-1/h1-6,9-10H,7-8H2/b2-1+,5-3-,6-4?,10-9+. The van der Waals surface area contributed by atoms with Crippen LogP contribution in [0.2, 0.25) is 0 Å². The lowest BCUT2D eigenvalue weighted by molar-refractivity contribution is 1.31. The van der Waals surface area contributed by atoms with Gasteiger partial charge in [0.1, 0.15) is 0 Å². The zero-order chi connectivity index (χ0) is 7.07. The first-order chi connectivity index (χ1) is 5.00. The zero-order valence-corrected chi connectivity index (χ0v) is 6.03. The number of allylic oxidation sites excluding steroid dienone is 8. The number of hydrogen-bond acceptors (Lipinski definition) is 0. The molecule has 0 bridgehead atoms. The first-order valence-corrected chi connectivity index (χ1v) is 3.63. The quantitative estimate of drug-likeness (QED) is 0.444. The topological polar surface area (TPSA) is 0 Å². The van der Waals surface area contributed by atoms with Gasteiger partial charge in [-0.25, -0.2) is 0 Å². The third-order valence-corrected chi connectivity index (χ3v) is 1.32. The van der Waals surface area contributed by atoms with Gasteiger partial charge in [-0.1, -0.05) is 48.6 Å². The molecule has 0 aromatic heterocycles. The second kappa shape index (κ2) is 4.80. The molecule has 0 saturated carbocycles. The average molecular weight is 132 g/mol. The smallest absolute Gasteiger partial charge is 0.0166 e. The fraction of sp³-hybridized carbons (Fsp3) is 0.200. The summed E-state index contributed by atoms with van der Waals surface area (Å²) in [6.45, 7) is 0. The molecule has 1 rings (SSSR count). The average Bonchev–Trinajstić information content (AvgIpc) is 2.01. The molecule has 0 heteroatoms. The Morgan fingerprint density at radius 2 is 1.00 bits per heavy atom. The summed E-state index contributed by atoms with van der Waals surface area (Å²) in [5.41, 5.74) is 0. The highest BCUT2D eigenvalue weighted by Crippen LogP contribution is 1.94. The summed E-state index contributed by atoms with van der Waals surface area (Å²) in [6, 6.07) is 0. The number of rotatable bonds is 0. The van der Waals surface area contributed by atoms with Crippen LogP contribution in [0.1, 0.15) is 12.8 Å². The first-order valence-electron chi connectivity index (χ1n) is 3.63. The van der Waals surface area contributed by atoms with E-state index in [9.17, 15) is 0 Å². The molecule has 0 saturated heterocycles. The lowest BCUT2D eigenvalue weighted by Crippen LogP contribution is -1.62. The van der Waals surface area contributed by atoms with E-state index in [1.165, 1.54) is 0 Å². The molecule has 0 heterocycles. The summed E-state index contributed by atoms with van der Waals surface area (Å²) in [7, 11) is 0. The Kier molecular flexibility index (Phi) is 3.40. The van der Waals surface area contributed by atoms with Crippen LogP contribution in [0.5, 0.6) is 0 Å². The summed E-state index contributed by atoms with van der Waals surface area (Å²) in [5.74, 6) is 0. The normalized spacial score (nSPS) is 27.2. The lowest BCUT2D eigenvalue weighted by atomic mass is 10.2. The van der Waals surface area contributed by atoms with E-state index in [0.29, 0.717) is 0 Å². The summed E-state index contributed by atoms with van der Waals surface area (Å²) >= 11 is 0. The molecular weight excluding hydrogens is 120 g/mol. The van der Waals surface area contributed by atoms with E-state index in [2.05, 4.69) is 48.6 Å². The zero-order valence-electron chi connectivity index (χ0n) is 6.03. The van der Waals surface area contributed by atoms with E-state index < -0.39 is 0 Å². The van der Waals surface area contributed by atoms with Crippen molar-refractivity contribution in [1.29, 1.82) is 0 Å². The Balaban J connectivity index is 2.51. The van der Waals surface area contributed by atoms with E-state index in [0.717, 1.165) is 12.8 Å². The Morgan fingerprint density at radius 3 is 1.50 bits per heavy atom. The van der Waals surface area contributed by atoms with Gasteiger partial charge in [-0.15, -0.1) is 0 Å². The highest BCUT2D eigenvalue weighted by Gasteiger charge is 1.73. The van der Waals surface area contributed by atoms with Crippen LogP contribution in [-0.2, 0) is 0 Å². The van der Waals surface area contributed by atoms with Crippen LogP contribution in [0.3, 0.4) is 0 Å². The molecule has 0 fully saturated rings. The maximum absolute atomic E-state index is 2.18. The van der Waals surface area contributed by atoms with Gasteiger partial charge in [-0.2, -0.15) is 0 Å². The molecule has 0 N–H and O–H groups in total. The van der Waals surface area contributed by atoms with Gasteiger partial charge in [-0.3, -0.25) is 0 Å².